The van der Waals surface area contributed by atoms with Crippen LogP contribution in [0.25, 0.3) is 5.65 Å². The number of amides is 1. The zero-order valence-corrected chi connectivity index (χ0v) is 15.7. The molecule has 0 spiro atoms. The summed E-state index contributed by atoms with van der Waals surface area (Å²) in [7, 11) is 0. The Morgan fingerprint density at radius 2 is 2.00 bits per heavy atom. The third-order valence-corrected chi connectivity index (χ3v) is 4.06. The summed E-state index contributed by atoms with van der Waals surface area (Å²) >= 11 is 0. The van der Waals surface area contributed by atoms with Crippen LogP contribution in [-0.4, -0.2) is 50.2 Å². The van der Waals surface area contributed by atoms with Crippen molar-refractivity contribution in [3.05, 3.63) is 28.7 Å². The molecule has 3 heterocycles. The minimum absolute atomic E-state index is 0. The highest BCUT2D eigenvalue weighted by Gasteiger charge is 2.31. The van der Waals surface area contributed by atoms with Gasteiger partial charge in [-0.2, -0.15) is 5.10 Å². The van der Waals surface area contributed by atoms with Crippen LogP contribution in [0.1, 0.15) is 33.9 Å². The molecule has 10 heteroatoms. The summed E-state index contributed by atoms with van der Waals surface area (Å²) in [6.45, 7) is 5.99. The lowest BCUT2D eigenvalue weighted by Gasteiger charge is -2.11. The minimum atomic E-state index is -0.901. The fraction of sp³-hybridized carbons (Fsp3) is 0.467. The molecule has 0 aromatic carbocycles. The van der Waals surface area contributed by atoms with Crippen molar-refractivity contribution in [2.24, 2.45) is 0 Å². The molecule has 3 N–H and O–H groups in total. The Labute approximate surface area is 157 Å². The number of carboxylic acid groups (broad SMARTS) is 1. The van der Waals surface area contributed by atoms with Crippen molar-refractivity contribution < 1.29 is 14.7 Å². The normalized spacial score (nSPS) is 19.2. The third-order valence-electron chi connectivity index (χ3n) is 4.06. The zero-order chi connectivity index (χ0) is 16.7. The molecule has 25 heavy (non-hydrogen) atoms. The molecule has 1 aliphatic heterocycles. The Hall–Kier alpha value is -1.90. The summed E-state index contributed by atoms with van der Waals surface area (Å²) in [5.41, 5.74) is 3.29. The van der Waals surface area contributed by atoms with Gasteiger partial charge in [-0.15, -0.1) is 24.8 Å². The number of nitrogens with zero attached hydrogens (tertiary/aromatic N) is 3. The number of aliphatic carboxylic acids is 1. The number of halogens is 2. The van der Waals surface area contributed by atoms with E-state index in [4.69, 9.17) is 5.11 Å². The van der Waals surface area contributed by atoms with Crippen molar-refractivity contribution in [2.45, 2.75) is 39.3 Å². The van der Waals surface area contributed by atoms with E-state index < -0.39 is 12.0 Å². The lowest BCUT2D eigenvalue weighted by Crippen LogP contribution is -2.36. The molecule has 3 rings (SSSR count). The number of carbonyl (C=O) groups excluding carboxylic acids is 1. The van der Waals surface area contributed by atoms with Gasteiger partial charge in [0.25, 0.3) is 5.91 Å². The van der Waals surface area contributed by atoms with Crippen molar-refractivity contribution in [1.82, 2.24) is 25.2 Å². The fourth-order valence-electron chi connectivity index (χ4n) is 2.98. The van der Waals surface area contributed by atoms with Gasteiger partial charge in [-0.3, -0.25) is 9.59 Å². The van der Waals surface area contributed by atoms with Crippen LogP contribution in [0.4, 0.5) is 0 Å². The van der Waals surface area contributed by atoms with Gasteiger partial charge in [-0.05, 0) is 33.3 Å². The molecular formula is C15H21Cl2N5O3. The van der Waals surface area contributed by atoms with Crippen molar-refractivity contribution >= 4 is 42.3 Å². The summed E-state index contributed by atoms with van der Waals surface area (Å²) < 4.78 is 1.66. The molecule has 2 aromatic rings. The molecule has 0 bridgehead atoms. The quantitative estimate of drug-likeness (QED) is 0.723. The number of hydrogen-bond donors (Lipinski definition) is 3. The number of rotatable bonds is 3. The number of aromatic nitrogens is 3. The van der Waals surface area contributed by atoms with Gasteiger partial charge in [0.05, 0.1) is 5.69 Å². The first-order valence-corrected chi connectivity index (χ1v) is 7.47. The Bertz CT molecular complexity index is 808. The van der Waals surface area contributed by atoms with E-state index in [-0.39, 0.29) is 36.8 Å². The van der Waals surface area contributed by atoms with Gasteiger partial charge in [-0.25, -0.2) is 9.50 Å². The van der Waals surface area contributed by atoms with Crippen molar-refractivity contribution in [3.8, 4) is 0 Å². The molecule has 1 fully saturated rings. The topological polar surface area (TPSA) is 109 Å². The number of aryl methyl sites for hydroxylation is 3. The summed E-state index contributed by atoms with van der Waals surface area (Å²) in [6.07, 6.45) is 0.366. The molecular weight excluding hydrogens is 369 g/mol. The molecule has 1 aliphatic rings. The maximum Gasteiger partial charge on any atom is 0.320 e. The number of nitrogens with one attached hydrogen (secondary N) is 2. The standard InChI is InChI=1S/C15H19N5O3.2ClH/c1-7-4-8(2)20-13(17-7)12(9(3)19-20)14(21)18-10-5-11(15(22)23)16-6-10;;/h4,10-11,16H,5-6H2,1-3H3,(H,18,21)(H,22,23);2*1H/t10-,11-;;/m0../s1. The first-order valence-electron chi connectivity index (χ1n) is 7.47. The lowest BCUT2D eigenvalue weighted by atomic mass is 10.1. The number of carbonyl (C=O) groups is 2. The van der Waals surface area contributed by atoms with E-state index >= 15 is 0 Å². The molecule has 1 amide bonds. The molecule has 2 atom stereocenters. The first-order chi connectivity index (χ1) is 10.9. The average molecular weight is 390 g/mol. The average Bonchev–Trinajstić information content (AvgIpc) is 3.03. The fourth-order valence-corrected chi connectivity index (χ4v) is 2.98. The number of fused-ring (bicyclic) bond motifs is 1. The molecule has 138 valence electrons. The van der Waals surface area contributed by atoms with Gasteiger partial charge >= 0.3 is 5.97 Å². The van der Waals surface area contributed by atoms with Crippen LogP contribution in [0.2, 0.25) is 0 Å². The van der Waals surface area contributed by atoms with Gasteiger partial charge < -0.3 is 15.7 Å². The Kier molecular flexibility index (Phi) is 6.75. The van der Waals surface area contributed by atoms with E-state index in [1.54, 1.807) is 11.4 Å². The van der Waals surface area contributed by atoms with Gasteiger partial charge in [0.15, 0.2) is 5.65 Å². The van der Waals surface area contributed by atoms with E-state index in [9.17, 15) is 9.59 Å². The highest BCUT2D eigenvalue weighted by Crippen LogP contribution is 2.17. The molecule has 0 unspecified atom stereocenters. The lowest BCUT2D eigenvalue weighted by molar-refractivity contribution is -0.139. The predicted octanol–water partition coefficient (Wildman–Crippen LogP) is 1.04. The van der Waals surface area contributed by atoms with E-state index in [0.29, 0.717) is 29.9 Å². The molecule has 8 nitrogen and oxygen atoms in total. The smallest absolute Gasteiger partial charge is 0.320 e. The second kappa shape index (κ2) is 7.99. The molecule has 0 saturated carbocycles. The van der Waals surface area contributed by atoms with Crippen LogP contribution < -0.4 is 10.6 Å². The molecule has 0 radical (unpaired) electrons. The second-order valence-corrected chi connectivity index (χ2v) is 5.94. The van der Waals surface area contributed by atoms with Crippen LogP contribution in [0.5, 0.6) is 0 Å². The molecule has 1 saturated heterocycles. The summed E-state index contributed by atoms with van der Waals surface area (Å²) in [4.78, 5) is 28.0. The first kappa shape index (κ1) is 21.1. The van der Waals surface area contributed by atoms with Crippen LogP contribution in [0.15, 0.2) is 6.07 Å². The minimum Gasteiger partial charge on any atom is -0.480 e. The number of carboxylic acids is 1. The highest BCUT2D eigenvalue weighted by molar-refractivity contribution is 6.01. The van der Waals surface area contributed by atoms with Gasteiger partial charge in [0, 0.05) is 24.0 Å². The van der Waals surface area contributed by atoms with Crippen molar-refractivity contribution in [1.29, 1.82) is 0 Å². The summed E-state index contributed by atoms with van der Waals surface area (Å²) in [5, 5.41) is 19.1. The molecule has 0 aliphatic carbocycles. The van der Waals surface area contributed by atoms with Crippen LogP contribution in [-0.2, 0) is 4.79 Å². The van der Waals surface area contributed by atoms with Crippen LogP contribution in [0, 0.1) is 20.8 Å². The van der Waals surface area contributed by atoms with Crippen molar-refractivity contribution in [3.63, 3.8) is 0 Å². The van der Waals surface area contributed by atoms with Crippen LogP contribution >= 0.6 is 24.8 Å². The van der Waals surface area contributed by atoms with Gasteiger partial charge in [0.2, 0.25) is 0 Å². The third kappa shape index (κ3) is 4.02. The largest absolute Gasteiger partial charge is 0.480 e. The van der Waals surface area contributed by atoms with E-state index in [1.165, 1.54) is 0 Å². The Balaban J connectivity index is 0.00000156. The van der Waals surface area contributed by atoms with Crippen molar-refractivity contribution in [2.75, 3.05) is 6.54 Å². The maximum atomic E-state index is 12.6. The highest BCUT2D eigenvalue weighted by atomic mass is 35.5. The van der Waals surface area contributed by atoms with E-state index in [1.807, 2.05) is 19.9 Å². The number of hydrogen-bond acceptors (Lipinski definition) is 5. The van der Waals surface area contributed by atoms with E-state index in [2.05, 4.69) is 20.7 Å². The summed E-state index contributed by atoms with van der Waals surface area (Å²) in [5.74, 6) is -1.17. The zero-order valence-electron chi connectivity index (χ0n) is 14.1. The van der Waals surface area contributed by atoms with Crippen LogP contribution in [0.3, 0.4) is 0 Å². The summed E-state index contributed by atoms with van der Waals surface area (Å²) in [6, 6.07) is 1.07. The Morgan fingerprint density at radius 3 is 2.60 bits per heavy atom. The SMILES string of the molecule is Cc1cc(C)n2nc(C)c(C(=O)N[C@@H]3CN[C@H](C(=O)O)C3)c2n1.Cl.Cl. The predicted molar refractivity (Wildman–Crippen MR) is 97.0 cm³/mol. The van der Waals surface area contributed by atoms with E-state index in [0.717, 1.165) is 11.4 Å². The molecule has 2 aromatic heterocycles. The second-order valence-electron chi connectivity index (χ2n) is 5.94. The van der Waals surface area contributed by atoms with Gasteiger partial charge in [-0.1, -0.05) is 0 Å². The monoisotopic (exact) mass is 389 g/mol. The maximum absolute atomic E-state index is 12.6. The Morgan fingerprint density at radius 1 is 1.32 bits per heavy atom. The van der Waals surface area contributed by atoms with Gasteiger partial charge in [0.1, 0.15) is 11.6 Å².